The highest BCUT2D eigenvalue weighted by molar-refractivity contribution is 7.90. The van der Waals surface area contributed by atoms with E-state index in [-0.39, 0.29) is 11.4 Å². The van der Waals surface area contributed by atoms with Gasteiger partial charge in [-0.05, 0) is 17.7 Å². The van der Waals surface area contributed by atoms with Crippen molar-refractivity contribution >= 4 is 15.8 Å². The van der Waals surface area contributed by atoms with E-state index >= 15 is 0 Å². The highest BCUT2D eigenvalue weighted by Crippen LogP contribution is 2.12. The van der Waals surface area contributed by atoms with Gasteiger partial charge in [-0.1, -0.05) is 18.2 Å². The van der Waals surface area contributed by atoms with Crippen LogP contribution in [0.3, 0.4) is 0 Å². The van der Waals surface area contributed by atoms with Gasteiger partial charge in [0.1, 0.15) is 0 Å². The molecule has 1 aromatic carbocycles. The Hall–Kier alpha value is -1.66. The highest BCUT2D eigenvalue weighted by atomic mass is 32.2. The maximum Gasteiger partial charge on any atom is 0.317 e. The predicted molar refractivity (Wildman–Crippen MR) is 72.7 cm³/mol. The van der Waals surface area contributed by atoms with Crippen LogP contribution in [0.1, 0.15) is 5.56 Å². The van der Waals surface area contributed by atoms with Gasteiger partial charge in [0.15, 0.2) is 9.84 Å². The van der Waals surface area contributed by atoms with E-state index in [1.54, 1.807) is 23.1 Å². The van der Waals surface area contributed by atoms with E-state index in [0.717, 1.165) is 11.8 Å². The first kappa shape index (κ1) is 15.4. The molecule has 0 aliphatic heterocycles. The molecule has 0 bridgehead atoms. The summed E-state index contributed by atoms with van der Waals surface area (Å²) in [5, 5.41) is 8.78. The van der Waals surface area contributed by atoms with Gasteiger partial charge in [-0.15, -0.1) is 6.58 Å². The van der Waals surface area contributed by atoms with Crippen LogP contribution in [0.25, 0.3) is 0 Å². The maximum absolute atomic E-state index is 11.3. The third-order valence-corrected chi connectivity index (χ3v) is 3.63. The number of carboxylic acids is 1. The lowest BCUT2D eigenvalue weighted by atomic mass is 10.2. The number of rotatable bonds is 7. The Bertz CT molecular complexity index is 549. The Kier molecular flexibility index (Phi) is 5.26. The van der Waals surface area contributed by atoms with Crippen molar-refractivity contribution in [1.82, 2.24) is 4.90 Å². The van der Waals surface area contributed by atoms with Crippen LogP contribution in [-0.4, -0.2) is 43.7 Å². The van der Waals surface area contributed by atoms with Crippen LogP contribution in [0, 0.1) is 0 Å². The van der Waals surface area contributed by atoms with Crippen molar-refractivity contribution in [3.63, 3.8) is 0 Å². The minimum Gasteiger partial charge on any atom is -0.480 e. The van der Waals surface area contributed by atoms with Crippen LogP contribution >= 0.6 is 0 Å². The van der Waals surface area contributed by atoms with Crippen molar-refractivity contribution < 1.29 is 18.3 Å². The van der Waals surface area contributed by atoms with Gasteiger partial charge in [0.2, 0.25) is 0 Å². The van der Waals surface area contributed by atoms with Crippen molar-refractivity contribution in [3.05, 3.63) is 42.5 Å². The summed E-state index contributed by atoms with van der Waals surface area (Å²) in [6.45, 7) is 4.39. The lowest BCUT2D eigenvalue weighted by Crippen LogP contribution is -2.29. The van der Waals surface area contributed by atoms with E-state index in [1.807, 2.05) is 0 Å². The van der Waals surface area contributed by atoms with Gasteiger partial charge in [-0.2, -0.15) is 0 Å². The van der Waals surface area contributed by atoms with Gasteiger partial charge in [-0.25, -0.2) is 8.42 Å². The van der Waals surface area contributed by atoms with Crippen molar-refractivity contribution in [1.29, 1.82) is 0 Å². The lowest BCUT2D eigenvalue weighted by molar-refractivity contribution is -0.138. The lowest BCUT2D eigenvalue weighted by Gasteiger charge is -2.18. The first-order chi connectivity index (χ1) is 8.82. The molecule has 6 heteroatoms. The molecule has 0 spiro atoms. The number of carbonyl (C=O) groups is 1. The Morgan fingerprint density at radius 3 is 2.37 bits per heavy atom. The molecule has 104 valence electrons. The van der Waals surface area contributed by atoms with E-state index in [0.29, 0.717) is 13.1 Å². The molecule has 0 amide bonds. The summed E-state index contributed by atoms with van der Waals surface area (Å²) in [6.07, 6.45) is 2.78. The summed E-state index contributed by atoms with van der Waals surface area (Å²) in [7, 11) is -3.20. The first-order valence-electron chi connectivity index (χ1n) is 5.67. The van der Waals surface area contributed by atoms with Crippen molar-refractivity contribution in [2.24, 2.45) is 0 Å². The number of carboxylic acid groups (broad SMARTS) is 1. The first-order valence-corrected chi connectivity index (χ1v) is 7.56. The van der Waals surface area contributed by atoms with Gasteiger partial charge >= 0.3 is 5.97 Å². The zero-order chi connectivity index (χ0) is 14.5. The molecule has 19 heavy (non-hydrogen) atoms. The number of nitrogens with zero attached hydrogens (tertiary/aromatic N) is 1. The second-order valence-electron chi connectivity index (χ2n) is 4.27. The van der Waals surface area contributed by atoms with Crippen LogP contribution in [0.5, 0.6) is 0 Å². The summed E-state index contributed by atoms with van der Waals surface area (Å²) in [4.78, 5) is 12.7. The number of sulfone groups is 1. The summed E-state index contributed by atoms with van der Waals surface area (Å²) < 4.78 is 22.6. The number of hydrogen-bond acceptors (Lipinski definition) is 4. The zero-order valence-corrected chi connectivity index (χ0v) is 11.6. The molecular weight excluding hydrogens is 266 g/mol. The van der Waals surface area contributed by atoms with Crippen LogP contribution in [-0.2, 0) is 21.2 Å². The fourth-order valence-electron chi connectivity index (χ4n) is 1.66. The second-order valence-corrected chi connectivity index (χ2v) is 6.28. The number of aliphatic carboxylic acids is 1. The monoisotopic (exact) mass is 283 g/mol. The fourth-order valence-corrected chi connectivity index (χ4v) is 2.29. The molecule has 1 rings (SSSR count). The van der Waals surface area contributed by atoms with E-state index in [2.05, 4.69) is 6.58 Å². The van der Waals surface area contributed by atoms with Crippen molar-refractivity contribution in [2.45, 2.75) is 11.4 Å². The second kappa shape index (κ2) is 6.49. The van der Waals surface area contributed by atoms with E-state index < -0.39 is 15.8 Å². The molecule has 0 atom stereocenters. The third-order valence-electron chi connectivity index (χ3n) is 2.50. The molecule has 0 unspecified atom stereocenters. The molecular formula is C13H17NO4S. The SMILES string of the molecule is C=CCN(CC(=O)O)Cc1ccc(S(C)(=O)=O)cc1. The minimum absolute atomic E-state index is 0.0835. The summed E-state index contributed by atoms with van der Waals surface area (Å²) >= 11 is 0. The average molecular weight is 283 g/mol. The fraction of sp³-hybridized carbons (Fsp3) is 0.308. The zero-order valence-electron chi connectivity index (χ0n) is 10.7. The molecule has 0 aliphatic carbocycles. The Labute approximate surface area is 113 Å². The van der Waals surface area contributed by atoms with Gasteiger partial charge < -0.3 is 5.11 Å². The van der Waals surface area contributed by atoms with E-state index in [9.17, 15) is 13.2 Å². The number of hydrogen-bond donors (Lipinski definition) is 1. The summed E-state index contributed by atoms with van der Waals surface area (Å²) in [5.74, 6) is -0.908. The Balaban J connectivity index is 2.80. The number of benzene rings is 1. The van der Waals surface area contributed by atoms with Crippen LogP contribution < -0.4 is 0 Å². The standard InChI is InChI=1S/C13H17NO4S/c1-3-8-14(10-13(15)16)9-11-4-6-12(7-5-11)19(2,17)18/h3-7H,1,8-10H2,2H3,(H,15,16). The largest absolute Gasteiger partial charge is 0.480 e. The molecule has 0 saturated heterocycles. The summed E-state index contributed by atoms with van der Waals surface area (Å²) in [6, 6.07) is 6.43. The van der Waals surface area contributed by atoms with E-state index in [4.69, 9.17) is 5.11 Å². The molecule has 0 aliphatic rings. The third kappa shape index (κ3) is 5.23. The molecule has 5 nitrogen and oxygen atoms in total. The summed E-state index contributed by atoms with van der Waals surface area (Å²) in [5.41, 5.74) is 0.857. The Morgan fingerprint density at radius 2 is 1.95 bits per heavy atom. The van der Waals surface area contributed by atoms with Crippen LogP contribution in [0.15, 0.2) is 41.8 Å². The normalized spacial score (nSPS) is 11.5. The quantitative estimate of drug-likeness (QED) is 0.760. The Morgan fingerprint density at radius 1 is 1.37 bits per heavy atom. The molecule has 0 radical (unpaired) electrons. The topological polar surface area (TPSA) is 74.7 Å². The molecule has 1 aromatic rings. The van der Waals surface area contributed by atoms with Crippen LogP contribution in [0.2, 0.25) is 0 Å². The highest BCUT2D eigenvalue weighted by Gasteiger charge is 2.10. The maximum atomic E-state index is 11.3. The molecule has 1 N–H and O–H groups in total. The van der Waals surface area contributed by atoms with Gasteiger partial charge in [0.05, 0.1) is 11.4 Å². The molecule has 0 fully saturated rings. The predicted octanol–water partition coefficient (Wildman–Crippen LogP) is 1.16. The molecule has 0 aromatic heterocycles. The van der Waals surface area contributed by atoms with Gasteiger partial charge in [0.25, 0.3) is 0 Å². The smallest absolute Gasteiger partial charge is 0.317 e. The molecule has 0 heterocycles. The van der Waals surface area contributed by atoms with Gasteiger partial charge in [-0.3, -0.25) is 9.69 Å². The van der Waals surface area contributed by atoms with Crippen molar-refractivity contribution in [3.8, 4) is 0 Å². The average Bonchev–Trinajstić information content (AvgIpc) is 2.28. The van der Waals surface area contributed by atoms with E-state index in [1.165, 1.54) is 12.1 Å². The van der Waals surface area contributed by atoms with Crippen molar-refractivity contribution in [2.75, 3.05) is 19.3 Å². The minimum atomic E-state index is -3.20. The van der Waals surface area contributed by atoms with Crippen LogP contribution in [0.4, 0.5) is 0 Å². The van der Waals surface area contributed by atoms with Gasteiger partial charge in [0, 0.05) is 19.3 Å². The molecule has 0 saturated carbocycles.